The Morgan fingerprint density at radius 3 is 2.11 bits per heavy atom. The van der Waals surface area contributed by atoms with Gasteiger partial charge in [-0.3, -0.25) is 18.6 Å². The summed E-state index contributed by atoms with van der Waals surface area (Å²) in [7, 11) is -1.08. The van der Waals surface area contributed by atoms with Crippen molar-refractivity contribution in [1.82, 2.24) is 0 Å². The predicted octanol–water partition coefficient (Wildman–Crippen LogP) is 7.10. The third-order valence-corrected chi connectivity index (χ3v) is 12.2. The molecule has 1 aromatic rings. The van der Waals surface area contributed by atoms with Crippen LogP contribution in [0.15, 0.2) is 24.3 Å². The number of benzene rings is 1. The molecule has 2 aliphatic heterocycles. The highest BCUT2D eigenvalue weighted by Gasteiger charge is 2.37. The lowest BCUT2D eigenvalue weighted by atomic mass is 9.86. The van der Waals surface area contributed by atoms with E-state index in [-0.39, 0.29) is 21.5 Å². The van der Waals surface area contributed by atoms with Gasteiger partial charge in [0.05, 0.1) is 21.3 Å². The van der Waals surface area contributed by atoms with Crippen molar-refractivity contribution >= 4 is 40.3 Å². The molecule has 6 nitrogen and oxygen atoms in total. The van der Waals surface area contributed by atoms with Crippen LogP contribution in [-0.2, 0) is 25.2 Å². The molecule has 2 fully saturated rings. The Balaban J connectivity index is 1.69. The maximum Gasteiger partial charge on any atom is 0.309 e. The highest BCUT2D eigenvalue weighted by molar-refractivity contribution is 8.00. The summed E-state index contributed by atoms with van der Waals surface area (Å²) in [4.78, 5) is 36.0. The third kappa shape index (κ3) is 7.71. The van der Waals surface area contributed by atoms with Crippen LogP contribution in [0.2, 0.25) is 0 Å². The van der Waals surface area contributed by atoms with E-state index >= 15 is 0 Å². The Morgan fingerprint density at radius 2 is 1.50 bits per heavy atom. The summed E-state index contributed by atoms with van der Waals surface area (Å²) in [6, 6.07) is 8.00. The molecule has 2 heterocycles. The van der Waals surface area contributed by atoms with Crippen LogP contribution in [0, 0.1) is 10.8 Å². The Kier molecular flexibility index (Phi) is 10.7. The van der Waals surface area contributed by atoms with Crippen molar-refractivity contribution in [2.45, 2.75) is 119 Å². The fourth-order valence-corrected chi connectivity index (χ4v) is 9.27. The highest BCUT2D eigenvalue weighted by Crippen LogP contribution is 2.47. The van der Waals surface area contributed by atoms with Crippen LogP contribution >= 0.6 is 11.8 Å². The van der Waals surface area contributed by atoms with E-state index in [4.69, 9.17) is 0 Å². The van der Waals surface area contributed by atoms with Gasteiger partial charge in [0.15, 0.2) is 0 Å². The topological polar surface area (TPSA) is 109 Å². The van der Waals surface area contributed by atoms with Gasteiger partial charge in [0.25, 0.3) is 0 Å². The van der Waals surface area contributed by atoms with Gasteiger partial charge in [-0.25, -0.2) is 0 Å². The zero-order valence-corrected chi connectivity index (χ0v) is 24.9. The molecule has 5 unspecified atom stereocenters. The molecule has 1 aromatic carbocycles. The van der Waals surface area contributed by atoms with Gasteiger partial charge in [0.1, 0.15) is 5.78 Å². The highest BCUT2D eigenvalue weighted by atomic mass is 32.2. The van der Waals surface area contributed by atoms with Crippen LogP contribution in [-0.4, -0.2) is 42.6 Å². The number of carbonyl (C=O) groups is 3. The van der Waals surface area contributed by atoms with Crippen molar-refractivity contribution in [2.24, 2.45) is 10.8 Å². The zero-order valence-electron chi connectivity index (χ0n) is 23.2. The average Bonchev–Trinajstić information content (AvgIpc) is 2.86. The molecule has 5 atom stereocenters. The number of rotatable bonds is 12. The number of carboxylic acids is 2. The molecule has 0 aliphatic carbocycles. The second-order valence-electron chi connectivity index (χ2n) is 12.3. The van der Waals surface area contributed by atoms with Crippen molar-refractivity contribution < 1.29 is 28.8 Å². The van der Waals surface area contributed by atoms with Crippen molar-refractivity contribution in [3.63, 3.8) is 0 Å². The number of Topliss-reactive ketones (excluding diaryl/α,β-unsaturated/α-hetero) is 1. The first kappa shape index (κ1) is 30.9. The summed E-state index contributed by atoms with van der Waals surface area (Å²) in [6.45, 7) is 7.00. The van der Waals surface area contributed by atoms with Crippen LogP contribution in [0.25, 0.3) is 0 Å². The number of thioether (sulfide) groups is 1. The van der Waals surface area contributed by atoms with Gasteiger partial charge in [-0.15, -0.1) is 11.8 Å². The molecule has 2 aliphatic rings. The minimum atomic E-state index is -1.08. The Hall–Kier alpha value is -1.67. The fourth-order valence-electron chi connectivity index (χ4n) is 5.57. The van der Waals surface area contributed by atoms with Gasteiger partial charge in [-0.05, 0) is 83.8 Å². The van der Waals surface area contributed by atoms with E-state index in [1.165, 1.54) is 0 Å². The lowest BCUT2D eigenvalue weighted by Gasteiger charge is -2.34. The largest absolute Gasteiger partial charge is 0.481 e. The molecular weight excluding hydrogens is 520 g/mol. The van der Waals surface area contributed by atoms with Crippen molar-refractivity contribution in [1.29, 1.82) is 0 Å². The number of ketones is 1. The van der Waals surface area contributed by atoms with Gasteiger partial charge < -0.3 is 10.2 Å². The van der Waals surface area contributed by atoms with E-state index in [0.717, 1.165) is 62.5 Å². The van der Waals surface area contributed by atoms with Crippen molar-refractivity contribution in [3.05, 3.63) is 35.4 Å². The lowest BCUT2D eigenvalue weighted by Crippen LogP contribution is -2.29. The monoisotopic (exact) mass is 564 g/mol. The minimum absolute atomic E-state index is 0.0476. The van der Waals surface area contributed by atoms with E-state index < -0.39 is 33.6 Å². The average molecular weight is 565 g/mol. The van der Waals surface area contributed by atoms with Gasteiger partial charge >= 0.3 is 11.9 Å². The summed E-state index contributed by atoms with van der Waals surface area (Å²) in [5.74, 6) is -1.36. The molecule has 0 saturated carbocycles. The maximum atomic E-state index is 13.7. The van der Waals surface area contributed by atoms with Gasteiger partial charge in [-0.1, -0.05) is 43.5 Å². The number of aliphatic carboxylic acids is 2. The quantitative estimate of drug-likeness (QED) is 0.279. The van der Waals surface area contributed by atoms with Gasteiger partial charge in [0, 0.05) is 27.7 Å². The second-order valence-corrected chi connectivity index (χ2v) is 15.6. The third-order valence-electron chi connectivity index (χ3n) is 8.37. The van der Waals surface area contributed by atoms with Crippen molar-refractivity contribution in [3.8, 4) is 0 Å². The first-order valence-corrected chi connectivity index (χ1v) is 16.2. The van der Waals surface area contributed by atoms with E-state index in [9.17, 15) is 28.8 Å². The van der Waals surface area contributed by atoms with E-state index in [1.54, 1.807) is 39.5 Å². The number of carboxylic acid groups (broad SMARTS) is 2. The maximum absolute atomic E-state index is 13.7. The minimum Gasteiger partial charge on any atom is -0.481 e. The molecular formula is C30H44O6S2. The molecule has 0 aromatic heterocycles. The van der Waals surface area contributed by atoms with E-state index in [0.29, 0.717) is 24.5 Å². The molecule has 2 saturated heterocycles. The van der Waals surface area contributed by atoms with Crippen LogP contribution < -0.4 is 0 Å². The normalized spacial score (nSPS) is 26.7. The smallest absolute Gasteiger partial charge is 0.309 e. The Morgan fingerprint density at radius 1 is 0.921 bits per heavy atom. The molecule has 38 heavy (non-hydrogen) atoms. The number of hydrogen-bond acceptors (Lipinski definition) is 5. The molecule has 3 rings (SSSR count). The Bertz CT molecular complexity index is 1010. The molecule has 0 radical (unpaired) electrons. The molecule has 0 bridgehead atoms. The molecule has 212 valence electrons. The van der Waals surface area contributed by atoms with E-state index in [2.05, 4.69) is 0 Å². The van der Waals surface area contributed by atoms with E-state index in [1.807, 2.05) is 24.3 Å². The van der Waals surface area contributed by atoms with Crippen molar-refractivity contribution in [2.75, 3.05) is 0 Å². The molecule has 0 spiro atoms. The SMILES string of the molecule is CC(C)(CCCC1CCC(=O)C(c2ccccc2C2CCCC(CCCC(C)(C)C(=O)O)S2=O)S1)C(=O)O. The zero-order chi connectivity index (χ0) is 28.1. The number of carbonyl (C=O) groups excluding carboxylic acids is 1. The first-order chi connectivity index (χ1) is 17.8. The summed E-state index contributed by atoms with van der Waals surface area (Å²) in [6.07, 6.45) is 8.42. The second kappa shape index (κ2) is 13.1. The standard InChI is InChI=1S/C30H44O6S2/c1-29(2,27(32)33)18-8-10-20-16-17-24(31)26(37-20)23-14-6-5-13-22(23)25-15-7-11-21(38(25)36)12-9-19-30(3,4)28(34)35/h5-6,13-14,20-21,25-26H,7-12,15-19H2,1-4H3,(H,32,33)(H,34,35). The molecule has 0 amide bonds. The van der Waals surface area contributed by atoms with Crippen LogP contribution in [0.1, 0.15) is 120 Å². The molecule has 8 heteroatoms. The summed E-state index contributed by atoms with van der Waals surface area (Å²) < 4.78 is 13.7. The number of hydrogen-bond donors (Lipinski definition) is 2. The molecule has 2 N–H and O–H groups in total. The first-order valence-electron chi connectivity index (χ1n) is 14.0. The summed E-state index contributed by atoms with van der Waals surface area (Å²) >= 11 is 1.70. The lowest BCUT2D eigenvalue weighted by molar-refractivity contribution is -0.148. The Labute approximate surface area is 234 Å². The van der Waals surface area contributed by atoms with Crippen LogP contribution in [0.3, 0.4) is 0 Å². The summed E-state index contributed by atoms with van der Waals surface area (Å²) in [5.41, 5.74) is 0.497. The van der Waals surface area contributed by atoms with Crippen LogP contribution in [0.4, 0.5) is 0 Å². The van der Waals surface area contributed by atoms with Gasteiger partial charge in [0.2, 0.25) is 0 Å². The van der Waals surface area contributed by atoms with Gasteiger partial charge in [-0.2, -0.15) is 0 Å². The van der Waals surface area contributed by atoms with Crippen LogP contribution in [0.5, 0.6) is 0 Å². The fraction of sp³-hybridized carbons (Fsp3) is 0.700. The summed E-state index contributed by atoms with van der Waals surface area (Å²) in [5, 5.41) is 18.8. The predicted molar refractivity (Wildman–Crippen MR) is 154 cm³/mol.